The molecule has 17 heavy (non-hydrogen) atoms. The molecule has 0 aliphatic heterocycles. The molecule has 0 aliphatic rings. The summed E-state index contributed by atoms with van der Waals surface area (Å²) in [6.45, 7) is 0. The van der Waals surface area contributed by atoms with E-state index in [1.54, 1.807) is 0 Å². The quantitative estimate of drug-likeness (QED) is 0.233. The zero-order valence-corrected chi connectivity index (χ0v) is 18.9. The van der Waals surface area contributed by atoms with Crippen LogP contribution in [0.5, 0.6) is 0 Å². The van der Waals surface area contributed by atoms with Gasteiger partial charge in [-0.1, -0.05) is 0 Å². The van der Waals surface area contributed by atoms with Crippen LogP contribution in [-0.4, -0.2) is 22.4 Å². The van der Waals surface area contributed by atoms with Crippen LogP contribution in [0.4, 0.5) is 0 Å². The van der Waals surface area contributed by atoms with E-state index < -0.39 is 23.0 Å². The molecule has 0 unspecified atom stereocenters. The standard InChI is InChI=1S/BH3O3.2H3O4P.3Zn/c2-1(3)4;2*1-5(2,3)4;;;/h2-4H;2*(H3,1,2,3,4);;;/q;;;3*+2/p-6. The van der Waals surface area contributed by atoms with Crippen molar-refractivity contribution in [2.24, 2.45) is 0 Å². The molecule has 11 nitrogen and oxygen atoms in total. The summed E-state index contributed by atoms with van der Waals surface area (Å²) in [6.07, 6.45) is 0. The Labute approximate surface area is 134 Å². The predicted octanol–water partition coefficient (Wildman–Crippen LogP) is -7.71. The Morgan fingerprint density at radius 2 is 0.647 bits per heavy atom. The first-order valence-electron chi connectivity index (χ1n) is 2.24. The summed E-state index contributed by atoms with van der Waals surface area (Å²) in [6, 6.07) is 0. The summed E-state index contributed by atoms with van der Waals surface area (Å²) in [4.78, 5) is 51.3. The van der Waals surface area contributed by atoms with E-state index in [0.29, 0.717) is 0 Å². The van der Waals surface area contributed by atoms with Crippen LogP contribution in [0.15, 0.2) is 0 Å². The monoisotopic (exact) mass is 444 g/mol. The van der Waals surface area contributed by atoms with E-state index in [1.165, 1.54) is 0 Å². The molecule has 0 saturated heterocycles. The fourth-order valence-corrected chi connectivity index (χ4v) is 0. The fourth-order valence-electron chi connectivity index (χ4n) is 0. The van der Waals surface area contributed by atoms with Crippen LogP contribution in [0.3, 0.4) is 0 Å². The minimum atomic E-state index is -5.39. The summed E-state index contributed by atoms with van der Waals surface area (Å²) in [5, 5.41) is 21.5. The van der Waals surface area contributed by atoms with Gasteiger partial charge in [0.15, 0.2) is 0 Å². The molecular weight excluding hydrogens is 445 g/mol. The average molecular weight is 448 g/mol. The fraction of sp³-hybridized carbons (Fsp3) is 0. The number of hydrogen-bond acceptors (Lipinski definition) is 11. The first-order valence-corrected chi connectivity index (χ1v) is 5.16. The van der Waals surface area contributed by atoms with Gasteiger partial charge in [0.05, 0.1) is 0 Å². The van der Waals surface area contributed by atoms with Gasteiger partial charge in [-0.2, -0.15) is 15.6 Å². The smallest absolute Gasteiger partial charge is 0.822 e. The van der Waals surface area contributed by atoms with E-state index in [-0.39, 0.29) is 58.4 Å². The summed E-state index contributed by atoms with van der Waals surface area (Å²) >= 11 is 0. The van der Waals surface area contributed by atoms with Crippen molar-refractivity contribution in [2.75, 3.05) is 0 Å². The van der Waals surface area contributed by atoms with Gasteiger partial charge in [0.2, 0.25) is 0 Å². The first-order chi connectivity index (χ1) is 5.73. The Morgan fingerprint density at radius 3 is 0.647 bits per heavy atom. The van der Waals surface area contributed by atoms with Gasteiger partial charge in [0, 0.05) is 0 Å². The van der Waals surface area contributed by atoms with Gasteiger partial charge in [-0.25, -0.2) is 0 Å². The van der Waals surface area contributed by atoms with Crippen LogP contribution in [0.1, 0.15) is 0 Å². The first kappa shape index (κ1) is 36.4. The molecular formula is H3BO11P2Zn3. The molecule has 0 spiro atoms. The van der Waals surface area contributed by atoms with Gasteiger partial charge in [0.25, 0.3) is 0 Å². The van der Waals surface area contributed by atoms with Gasteiger partial charge in [-0.15, -0.1) is 0 Å². The van der Waals surface area contributed by atoms with E-state index in [1.807, 2.05) is 0 Å². The summed E-state index contributed by atoms with van der Waals surface area (Å²) < 4.78 is 17.1. The molecule has 0 saturated carbocycles. The minimum absolute atomic E-state index is 0. The van der Waals surface area contributed by atoms with Crippen LogP contribution in [0.25, 0.3) is 0 Å². The molecule has 0 radical (unpaired) electrons. The molecule has 0 heterocycles. The molecule has 3 N–H and O–H groups in total. The third-order valence-electron chi connectivity index (χ3n) is 0. The zero-order valence-electron chi connectivity index (χ0n) is 8.20. The number of phosphoric acid groups is 2. The van der Waals surface area contributed by atoms with Crippen LogP contribution in [0.2, 0.25) is 0 Å². The van der Waals surface area contributed by atoms with Crippen molar-refractivity contribution in [3.63, 3.8) is 0 Å². The van der Waals surface area contributed by atoms with Crippen molar-refractivity contribution in [2.45, 2.75) is 0 Å². The van der Waals surface area contributed by atoms with Gasteiger partial charge >= 0.3 is 65.8 Å². The van der Waals surface area contributed by atoms with Gasteiger partial charge in [-0.05, 0) is 0 Å². The maximum absolute atomic E-state index is 8.55. The molecule has 0 aromatic rings. The topological polar surface area (TPSA) is 233 Å². The Morgan fingerprint density at radius 1 is 0.647 bits per heavy atom. The Balaban J connectivity index is -0.0000000247. The van der Waals surface area contributed by atoms with E-state index in [2.05, 4.69) is 0 Å². The maximum atomic E-state index is 8.55. The van der Waals surface area contributed by atoms with Crippen LogP contribution in [-0.2, 0) is 67.6 Å². The Kier molecular flexibility index (Phi) is 38.7. The molecule has 0 aromatic carbocycles. The van der Waals surface area contributed by atoms with Crippen molar-refractivity contribution in [1.82, 2.24) is 0 Å². The zero-order chi connectivity index (χ0) is 12.6. The van der Waals surface area contributed by atoms with E-state index in [9.17, 15) is 0 Å². The Bertz CT molecular complexity index is 167. The van der Waals surface area contributed by atoms with Crippen molar-refractivity contribution >= 4 is 23.0 Å². The van der Waals surface area contributed by atoms with E-state index >= 15 is 0 Å². The van der Waals surface area contributed by atoms with E-state index in [0.717, 1.165) is 0 Å². The average Bonchev–Trinajstić information content (AvgIpc) is 1.45. The molecule has 17 heteroatoms. The molecule has 0 aromatic heterocycles. The minimum Gasteiger partial charge on any atom is -0.822 e. The molecule has 0 rings (SSSR count). The Hall–Kier alpha value is 2.04. The van der Waals surface area contributed by atoms with Crippen molar-refractivity contribution in [3.05, 3.63) is 0 Å². The second-order valence-corrected chi connectivity index (χ2v) is 3.03. The molecule has 0 bridgehead atoms. The van der Waals surface area contributed by atoms with Crippen molar-refractivity contribution in [3.8, 4) is 0 Å². The second-order valence-electron chi connectivity index (χ2n) is 1.24. The molecule has 0 aliphatic carbocycles. The predicted molar refractivity (Wildman–Crippen MR) is 27.6 cm³/mol. The summed E-state index contributed by atoms with van der Waals surface area (Å²) in [5.41, 5.74) is 0. The summed E-state index contributed by atoms with van der Waals surface area (Å²) in [5.74, 6) is 0. The normalized spacial score (nSPS) is 8.53. The largest absolute Gasteiger partial charge is 2.00 e. The molecule has 0 atom stereocenters. The van der Waals surface area contributed by atoms with Gasteiger partial charge in [-0.3, -0.25) is 0 Å². The van der Waals surface area contributed by atoms with Gasteiger partial charge < -0.3 is 53.6 Å². The van der Waals surface area contributed by atoms with E-state index in [4.69, 9.17) is 53.6 Å². The third kappa shape index (κ3) is 1120. The maximum Gasteiger partial charge on any atom is 2.00 e. The molecule has 0 fully saturated rings. The second kappa shape index (κ2) is 18.0. The number of hydrogen-bond donors (Lipinski definition) is 3. The third-order valence-corrected chi connectivity index (χ3v) is 0. The van der Waals surface area contributed by atoms with Crippen LogP contribution >= 0.6 is 15.6 Å². The number of rotatable bonds is 0. The van der Waals surface area contributed by atoms with Crippen molar-refractivity contribution in [1.29, 1.82) is 0 Å². The van der Waals surface area contributed by atoms with Gasteiger partial charge in [0.1, 0.15) is 0 Å². The van der Waals surface area contributed by atoms with Crippen molar-refractivity contribution < 1.29 is 112 Å². The molecule has 0 amide bonds. The molecule has 88 valence electrons. The van der Waals surface area contributed by atoms with Crippen LogP contribution in [0, 0.1) is 0 Å². The SMILES string of the molecule is O=P([O-])([O-])[O-].O=P([O-])([O-])[O-].OB(O)O.[Zn+2].[Zn+2].[Zn+2]. The summed E-state index contributed by atoms with van der Waals surface area (Å²) in [7, 11) is -12.9. The van der Waals surface area contributed by atoms with Crippen LogP contribution < -0.4 is 29.4 Å².